The number of ether oxygens (including phenoxy) is 2. The highest BCUT2D eigenvalue weighted by molar-refractivity contribution is 5.85. The van der Waals surface area contributed by atoms with Gasteiger partial charge in [-0.2, -0.15) is 0 Å². The van der Waals surface area contributed by atoms with Crippen LogP contribution in [0.15, 0.2) is 78.8 Å². The molecule has 0 aliphatic carbocycles. The summed E-state index contributed by atoms with van der Waals surface area (Å²) in [6.45, 7) is 1.95. The minimum atomic E-state index is 0.541. The number of likely N-dealkylation sites (N-methyl/N-ethyl adjacent to an activating group) is 1. The molecule has 4 heteroatoms. The van der Waals surface area contributed by atoms with Crippen molar-refractivity contribution in [3.05, 3.63) is 101 Å². The molecule has 4 rings (SSSR count). The predicted octanol–water partition coefficient (Wildman–Crippen LogP) is 4.51. The molecular weight excluding hydrogens is 348 g/mol. The summed E-state index contributed by atoms with van der Waals surface area (Å²) in [5.41, 5.74) is 7.20. The van der Waals surface area contributed by atoms with Gasteiger partial charge in [-0.25, -0.2) is 0 Å². The Kier molecular flexibility index (Phi) is 5.40. The van der Waals surface area contributed by atoms with Crippen LogP contribution in [0.5, 0.6) is 5.75 Å². The molecule has 142 valence electrons. The van der Waals surface area contributed by atoms with Crippen molar-refractivity contribution < 1.29 is 9.47 Å². The Bertz CT molecular complexity index is 968. The summed E-state index contributed by atoms with van der Waals surface area (Å²) in [5, 5.41) is 0. The maximum Gasteiger partial charge on any atom is 0.119 e. The SMILES string of the molecule is COc1ccc2c(c1)C(c1ccccc1)=C(COCc1ccncc1)N(C)C2. The molecule has 1 aromatic heterocycles. The van der Waals surface area contributed by atoms with E-state index in [9.17, 15) is 0 Å². The second-order valence-electron chi connectivity index (χ2n) is 6.92. The summed E-state index contributed by atoms with van der Waals surface area (Å²) in [7, 11) is 3.84. The number of rotatable bonds is 6. The number of hydrogen-bond donors (Lipinski definition) is 0. The first kappa shape index (κ1) is 18.3. The molecule has 0 N–H and O–H groups in total. The molecule has 0 amide bonds. The number of fused-ring (bicyclic) bond motifs is 1. The van der Waals surface area contributed by atoms with Crippen molar-refractivity contribution in [3.63, 3.8) is 0 Å². The molecule has 0 spiro atoms. The van der Waals surface area contributed by atoms with Crippen LogP contribution in [0.3, 0.4) is 0 Å². The van der Waals surface area contributed by atoms with Crippen molar-refractivity contribution in [1.82, 2.24) is 9.88 Å². The fourth-order valence-corrected chi connectivity index (χ4v) is 3.60. The number of benzene rings is 2. The van der Waals surface area contributed by atoms with Gasteiger partial charge in [0.15, 0.2) is 0 Å². The first-order chi connectivity index (χ1) is 13.8. The average Bonchev–Trinajstić information content (AvgIpc) is 2.75. The van der Waals surface area contributed by atoms with E-state index in [1.807, 2.05) is 24.3 Å². The lowest BCUT2D eigenvalue weighted by atomic mass is 9.88. The van der Waals surface area contributed by atoms with Crippen LogP contribution in [0.1, 0.15) is 22.3 Å². The van der Waals surface area contributed by atoms with Crippen molar-refractivity contribution in [2.24, 2.45) is 0 Å². The van der Waals surface area contributed by atoms with Gasteiger partial charge >= 0.3 is 0 Å². The Hall–Kier alpha value is -3.11. The van der Waals surface area contributed by atoms with Gasteiger partial charge in [0.25, 0.3) is 0 Å². The van der Waals surface area contributed by atoms with Gasteiger partial charge in [-0.3, -0.25) is 4.98 Å². The summed E-state index contributed by atoms with van der Waals surface area (Å²) < 4.78 is 11.6. The van der Waals surface area contributed by atoms with Gasteiger partial charge in [0, 0.05) is 37.3 Å². The third kappa shape index (κ3) is 3.78. The monoisotopic (exact) mass is 372 g/mol. The van der Waals surface area contributed by atoms with E-state index in [4.69, 9.17) is 9.47 Å². The Balaban J connectivity index is 1.72. The van der Waals surface area contributed by atoms with Crippen LogP contribution >= 0.6 is 0 Å². The maximum atomic E-state index is 6.09. The van der Waals surface area contributed by atoms with Crippen LogP contribution in [-0.2, 0) is 17.9 Å². The van der Waals surface area contributed by atoms with Crippen LogP contribution in [0.25, 0.3) is 5.57 Å². The highest BCUT2D eigenvalue weighted by atomic mass is 16.5. The van der Waals surface area contributed by atoms with E-state index in [-0.39, 0.29) is 0 Å². The van der Waals surface area contributed by atoms with Crippen LogP contribution in [0.2, 0.25) is 0 Å². The van der Waals surface area contributed by atoms with E-state index < -0.39 is 0 Å². The zero-order valence-corrected chi connectivity index (χ0v) is 16.3. The van der Waals surface area contributed by atoms with E-state index in [0.29, 0.717) is 13.2 Å². The van der Waals surface area contributed by atoms with Crippen LogP contribution in [-0.4, -0.2) is 30.6 Å². The molecule has 4 nitrogen and oxygen atoms in total. The molecule has 3 aromatic rings. The second-order valence-corrected chi connectivity index (χ2v) is 6.92. The number of nitrogens with zero attached hydrogens (tertiary/aromatic N) is 2. The summed E-state index contributed by atoms with van der Waals surface area (Å²) >= 11 is 0. The largest absolute Gasteiger partial charge is 0.497 e. The van der Waals surface area contributed by atoms with Gasteiger partial charge in [0.1, 0.15) is 5.75 Å². The third-order valence-corrected chi connectivity index (χ3v) is 5.06. The van der Waals surface area contributed by atoms with Crippen LogP contribution < -0.4 is 4.74 Å². The van der Waals surface area contributed by atoms with E-state index in [2.05, 4.69) is 53.3 Å². The minimum Gasteiger partial charge on any atom is -0.497 e. The molecule has 0 atom stereocenters. The summed E-state index contributed by atoms with van der Waals surface area (Å²) in [5.74, 6) is 0.869. The highest BCUT2D eigenvalue weighted by Gasteiger charge is 2.24. The smallest absolute Gasteiger partial charge is 0.119 e. The molecule has 0 bridgehead atoms. The van der Waals surface area contributed by atoms with Crippen molar-refractivity contribution in [2.45, 2.75) is 13.2 Å². The first-order valence-corrected chi connectivity index (χ1v) is 9.40. The van der Waals surface area contributed by atoms with Gasteiger partial charge in [0.2, 0.25) is 0 Å². The zero-order chi connectivity index (χ0) is 19.3. The number of hydrogen-bond acceptors (Lipinski definition) is 4. The van der Waals surface area contributed by atoms with Crippen molar-refractivity contribution in [2.75, 3.05) is 20.8 Å². The summed E-state index contributed by atoms with van der Waals surface area (Å²) in [6.07, 6.45) is 3.59. The molecule has 2 heterocycles. The van der Waals surface area contributed by atoms with Gasteiger partial charge < -0.3 is 14.4 Å². The molecule has 28 heavy (non-hydrogen) atoms. The number of pyridine rings is 1. The maximum absolute atomic E-state index is 6.09. The molecule has 2 aromatic carbocycles. The van der Waals surface area contributed by atoms with Gasteiger partial charge in [0.05, 0.1) is 20.3 Å². The van der Waals surface area contributed by atoms with Crippen molar-refractivity contribution in [1.29, 1.82) is 0 Å². The molecule has 0 saturated heterocycles. The lowest BCUT2D eigenvalue weighted by molar-refractivity contribution is 0.124. The van der Waals surface area contributed by atoms with E-state index in [0.717, 1.165) is 17.9 Å². The topological polar surface area (TPSA) is 34.6 Å². The lowest BCUT2D eigenvalue weighted by Gasteiger charge is -2.33. The molecular formula is C24H24N2O2. The molecule has 1 aliphatic heterocycles. The lowest BCUT2D eigenvalue weighted by Crippen LogP contribution is -2.27. The van der Waals surface area contributed by atoms with Gasteiger partial charge in [-0.15, -0.1) is 0 Å². The minimum absolute atomic E-state index is 0.541. The quantitative estimate of drug-likeness (QED) is 0.638. The van der Waals surface area contributed by atoms with Gasteiger partial charge in [-0.1, -0.05) is 36.4 Å². The Labute approximate surface area is 166 Å². The zero-order valence-electron chi connectivity index (χ0n) is 16.3. The molecule has 0 unspecified atom stereocenters. The Morgan fingerprint density at radius 1 is 0.964 bits per heavy atom. The standard InChI is InChI=1S/C24H24N2O2/c1-26-15-20-8-9-21(27-2)14-22(20)24(19-6-4-3-5-7-19)23(26)17-28-16-18-10-12-25-13-11-18/h3-14H,15-17H2,1-2H3. The number of methoxy groups -OCH3 is 1. The average molecular weight is 372 g/mol. The summed E-state index contributed by atoms with van der Waals surface area (Å²) in [4.78, 5) is 6.34. The third-order valence-electron chi connectivity index (χ3n) is 5.06. The van der Waals surface area contributed by atoms with Crippen molar-refractivity contribution in [3.8, 4) is 5.75 Å². The fraction of sp³-hybridized carbons (Fsp3) is 0.208. The fourth-order valence-electron chi connectivity index (χ4n) is 3.60. The first-order valence-electron chi connectivity index (χ1n) is 9.40. The predicted molar refractivity (Wildman–Crippen MR) is 111 cm³/mol. The molecule has 1 aliphatic rings. The van der Waals surface area contributed by atoms with Gasteiger partial charge in [-0.05, 0) is 46.5 Å². The Morgan fingerprint density at radius 3 is 2.50 bits per heavy atom. The van der Waals surface area contributed by atoms with E-state index >= 15 is 0 Å². The molecule has 0 saturated carbocycles. The summed E-state index contributed by atoms with van der Waals surface area (Å²) in [6, 6.07) is 20.8. The molecule has 0 fully saturated rings. The second kappa shape index (κ2) is 8.28. The molecule has 0 radical (unpaired) electrons. The van der Waals surface area contributed by atoms with Crippen LogP contribution in [0.4, 0.5) is 0 Å². The van der Waals surface area contributed by atoms with E-state index in [1.54, 1.807) is 19.5 Å². The van der Waals surface area contributed by atoms with Crippen molar-refractivity contribution >= 4 is 5.57 Å². The van der Waals surface area contributed by atoms with Crippen LogP contribution in [0, 0.1) is 0 Å². The highest BCUT2D eigenvalue weighted by Crippen LogP contribution is 2.37. The normalized spacial score (nSPS) is 13.4. The Morgan fingerprint density at radius 2 is 1.75 bits per heavy atom. The van der Waals surface area contributed by atoms with E-state index in [1.165, 1.54) is 28.0 Å². The number of aromatic nitrogens is 1.